The van der Waals surface area contributed by atoms with Crippen molar-refractivity contribution in [3.05, 3.63) is 42.2 Å². The van der Waals surface area contributed by atoms with Gasteiger partial charge in [0.2, 0.25) is 11.8 Å². The molecule has 1 fully saturated rings. The molecule has 1 aliphatic rings. The Labute approximate surface area is 148 Å². The summed E-state index contributed by atoms with van der Waals surface area (Å²) in [4.78, 5) is 24.7. The zero-order chi connectivity index (χ0) is 17.8. The Bertz CT molecular complexity index is 750. The summed E-state index contributed by atoms with van der Waals surface area (Å²) in [5, 5.41) is 0. The van der Waals surface area contributed by atoms with Crippen LogP contribution in [0.5, 0.6) is 11.6 Å². The first-order chi connectivity index (χ1) is 12.1. The second-order valence-electron chi connectivity index (χ2n) is 6.37. The lowest BCUT2D eigenvalue weighted by Crippen LogP contribution is -2.54. The minimum atomic E-state index is 0.164. The highest BCUT2D eigenvalue weighted by molar-refractivity contribution is 5.76. The summed E-state index contributed by atoms with van der Waals surface area (Å²) >= 11 is 0. The SMILES string of the molecule is CCC(=O)N1CCN(c2cc(Oc3cccc(C)c3)ncn2)C[C@@H]1C. The summed E-state index contributed by atoms with van der Waals surface area (Å²) in [5.41, 5.74) is 1.14. The Morgan fingerprint density at radius 3 is 2.84 bits per heavy atom. The molecule has 2 heterocycles. The van der Waals surface area contributed by atoms with E-state index in [1.54, 1.807) is 0 Å². The van der Waals surface area contributed by atoms with Crippen molar-refractivity contribution in [1.82, 2.24) is 14.9 Å². The van der Waals surface area contributed by atoms with Gasteiger partial charge in [-0.05, 0) is 31.5 Å². The summed E-state index contributed by atoms with van der Waals surface area (Å²) in [6, 6.07) is 9.88. The molecule has 1 aromatic heterocycles. The van der Waals surface area contributed by atoms with Gasteiger partial charge in [0.1, 0.15) is 17.9 Å². The van der Waals surface area contributed by atoms with Crippen molar-refractivity contribution in [2.45, 2.75) is 33.2 Å². The Morgan fingerprint density at radius 1 is 1.28 bits per heavy atom. The van der Waals surface area contributed by atoms with E-state index in [2.05, 4.69) is 21.8 Å². The number of carbonyl (C=O) groups is 1. The van der Waals surface area contributed by atoms with Gasteiger partial charge >= 0.3 is 0 Å². The second kappa shape index (κ2) is 7.51. The monoisotopic (exact) mass is 340 g/mol. The van der Waals surface area contributed by atoms with Gasteiger partial charge in [-0.1, -0.05) is 19.1 Å². The van der Waals surface area contributed by atoms with Gasteiger partial charge in [-0.3, -0.25) is 4.79 Å². The molecule has 0 N–H and O–H groups in total. The fourth-order valence-electron chi connectivity index (χ4n) is 3.10. The van der Waals surface area contributed by atoms with Crippen LogP contribution in [0.15, 0.2) is 36.7 Å². The number of anilines is 1. The summed E-state index contributed by atoms with van der Waals surface area (Å²) in [5.74, 6) is 2.32. The number of piperazine rings is 1. The minimum Gasteiger partial charge on any atom is -0.439 e. The van der Waals surface area contributed by atoms with Crippen LogP contribution in [-0.2, 0) is 4.79 Å². The van der Waals surface area contributed by atoms with Crippen LogP contribution in [0, 0.1) is 6.92 Å². The van der Waals surface area contributed by atoms with Crippen LogP contribution in [0.1, 0.15) is 25.8 Å². The summed E-state index contributed by atoms with van der Waals surface area (Å²) < 4.78 is 5.85. The topological polar surface area (TPSA) is 58.6 Å². The molecule has 0 unspecified atom stereocenters. The quantitative estimate of drug-likeness (QED) is 0.856. The van der Waals surface area contributed by atoms with Crippen molar-refractivity contribution in [3.8, 4) is 11.6 Å². The Hall–Kier alpha value is -2.63. The molecule has 132 valence electrons. The Balaban J connectivity index is 1.71. The molecular formula is C19H24N4O2. The number of aromatic nitrogens is 2. The highest BCUT2D eigenvalue weighted by atomic mass is 16.5. The maximum Gasteiger partial charge on any atom is 0.224 e. The van der Waals surface area contributed by atoms with Crippen LogP contribution < -0.4 is 9.64 Å². The van der Waals surface area contributed by atoms with Crippen LogP contribution in [-0.4, -0.2) is 46.5 Å². The molecular weight excluding hydrogens is 316 g/mol. The lowest BCUT2D eigenvalue weighted by molar-refractivity contribution is -0.133. The van der Waals surface area contributed by atoms with E-state index in [9.17, 15) is 4.79 Å². The van der Waals surface area contributed by atoms with Gasteiger partial charge in [-0.15, -0.1) is 0 Å². The third-order valence-electron chi connectivity index (χ3n) is 4.41. The Kier molecular flexibility index (Phi) is 5.16. The number of nitrogens with zero attached hydrogens (tertiary/aromatic N) is 4. The highest BCUT2D eigenvalue weighted by Gasteiger charge is 2.27. The van der Waals surface area contributed by atoms with Gasteiger partial charge in [0, 0.05) is 38.2 Å². The molecule has 6 heteroatoms. The predicted molar refractivity (Wildman–Crippen MR) is 97.0 cm³/mol. The van der Waals surface area contributed by atoms with E-state index in [0.717, 1.165) is 30.2 Å². The standard InChI is InChI=1S/C19H24N4O2/c1-4-19(24)23-9-8-22(12-15(23)3)17-11-18(21-13-20-17)25-16-7-5-6-14(2)10-16/h5-7,10-11,13,15H,4,8-9,12H2,1-3H3/t15-/m0/s1. The number of carbonyl (C=O) groups excluding carboxylic acids is 1. The van der Waals surface area contributed by atoms with E-state index in [-0.39, 0.29) is 11.9 Å². The molecule has 1 saturated heterocycles. The van der Waals surface area contributed by atoms with E-state index in [1.807, 2.05) is 49.1 Å². The largest absolute Gasteiger partial charge is 0.439 e. The predicted octanol–water partition coefficient (Wildman–Crippen LogP) is 3.02. The van der Waals surface area contributed by atoms with Gasteiger partial charge in [0.05, 0.1) is 0 Å². The van der Waals surface area contributed by atoms with Crippen LogP contribution in [0.2, 0.25) is 0 Å². The van der Waals surface area contributed by atoms with Gasteiger partial charge in [0.15, 0.2) is 0 Å². The molecule has 0 bridgehead atoms. The smallest absolute Gasteiger partial charge is 0.224 e. The number of aryl methyl sites for hydroxylation is 1. The van der Waals surface area contributed by atoms with Crippen LogP contribution in [0.4, 0.5) is 5.82 Å². The van der Waals surface area contributed by atoms with E-state index < -0.39 is 0 Å². The molecule has 1 aliphatic heterocycles. The molecule has 25 heavy (non-hydrogen) atoms. The average Bonchev–Trinajstić information content (AvgIpc) is 2.61. The first-order valence-corrected chi connectivity index (χ1v) is 8.68. The zero-order valence-corrected chi connectivity index (χ0v) is 15.0. The number of rotatable bonds is 4. The van der Waals surface area contributed by atoms with Crippen molar-refractivity contribution < 1.29 is 9.53 Å². The molecule has 1 atom stereocenters. The second-order valence-corrected chi connectivity index (χ2v) is 6.37. The van der Waals surface area contributed by atoms with Crippen molar-refractivity contribution >= 4 is 11.7 Å². The summed E-state index contributed by atoms with van der Waals surface area (Å²) in [6.07, 6.45) is 2.07. The van der Waals surface area contributed by atoms with Crippen LogP contribution in [0.3, 0.4) is 0 Å². The molecule has 2 aromatic rings. The first-order valence-electron chi connectivity index (χ1n) is 8.68. The van der Waals surface area contributed by atoms with Crippen LogP contribution >= 0.6 is 0 Å². The Morgan fingerprint density at radius 2 is 2.12 bits per heavy atom. The minimum absolute atomic E-state index is 0.164. The summed E-state index contributed by atoms with van der Waals surface area (Å²) in [6.45, 7) is 8.23. The number of benzene rings is 1. The molecule has 0 saturated carbocycles. The van der Waals surface area contributed by atoms with E-state index in [4.69, 9.17) is 4.74 Å². The van der Waals surface area contributed by atoms with E-state index in [1.165, 1.54) is 6.33 Å². The molecule has 1 amide bonds. The maximum atomic E-state index is 12.0. The van der Waals surface area contributed by atoms with E-state index >= 15 is 0 Å². The van der Waals surface area contributed by atoms with Crippen molar-refractivity contribution in [1.29, 1.82) is 0 Å². The molecule has 3 rings (SSSR count). The normalized spacial score (nSPS) is 17.5. The van der Waals surface area contributed by atoms with Crippen LogP contribution in [0.25, 0.3) is 0 Å². The maximum absolute atomic E-state index is 12.0. The fraction of sp³-hybridized carbons (Fsp3) is 0.421. The average molecular weight is 340 g/mol. The molecule has 0 radical (unpaired) electrons. The van der Waals surface area contributed by atoms with Gasteiger partial charge in [-0.2, -0.15) is 0 Å². The highest BCUT2D eigenvalue weighted by Crippen LogP contribution is 2.24. The molecule has 0 spiro atoms. The summed E-state index contributed by atoms with van der Waals surface area (Å²) in [7, 11) is 0. The molecule has 6 nitrogen and oxygen atoms in total. The molecule has 0 aliphatic carbocycles. The van der Waals surface area contributed by atoms with Crippen molar-refractivity contribution in [2.24, 2.45) is 0 Å². The lowest BCUT2D eigenvalue weighted by atomic mass is 10.1. The third-order valence-corrected chi connectivity index (χ3v) is 4.41. The molecule has 1 aromatic carbocycles. The fourth-order valence-corrected chi connectivity index (χ4v) is 3.10. The van der Waals surface area contributed by atoms with Crippen molar-refractivity contribution in [3.63, 3.8) is 0 Å². The van der Waals surface area contributed by atoms with Gasteiger partial charge in [-0.25, -0.2) is 9.97 Å². The van der Waals surface area contributed by atoms with Gasteiger partial charge in [0.25, 0.3) is 0 Å². The number of ether oxygens (including phenoxy) is 1. The zero-order valence-electron chi connectivity index (χ0n) is 15.0. The number of amides is 1. The van der Waals surface area contributed by atoms with Gasteiger partial charge < -0.3 is 14.5 Å². The number of hydrogen-bond acceptors (Lipinski definition) is 5. The third kappa shape index (κ3) is 4.07. The van der Waals surface area contributed by atoms with Crippen molar-refractivity contribution in [2.75, 3.05) is 24.5 Å². The van der Waals surface area contributed by atoms with E-state index in [0.29, 0.717) is 18.8 Å². The first kappa shape index (κ1) is 17.2. The number of hydrogen-bond donors (Lipinski definition) is 0. The lowest BCUT2D eigenvalue weighted by Gasteiger charge is -2.40.